The summed E-state index contributed by atoms with van der Waals surface area (Å²) in [5, 5.41) is 6.19. The number of aliphatic imine (C=N–C) groups is 1. The van der Waals surface area contributed by atoms with E-state index in [0.29, 0.717) is 45.3 Å². The van der Waals surface area contributed by atoms with Crippen molar-refractivity contribution in [2.75, 3.05) is 47.1 Å². The summed E-state index contributed by atoms with van der Waals surface area (Å²) in [5.74, 6) is 0.622. The van der Waals surface area contributed by atoms with Gasteiger partial charge in [-0.1, -0.05) is 12.1 Å². The van der Waals surface area contributed by atoms with E-state index in [2.05, 4.69) is 15.6 Å². The van der Waals surface area contributed by atoms with Gasteiger partial charge in [0, 0.05) is 27.2 Å². The molecule has 1 rings (SSSR count). The van der Waals surface area contributed by atoms with Gasteiger partial charge in [-0.05, 0) is 24.1 Å². The van der Waals surface area contributed by atoms with E-state index in [0.717, 1.165) is 17.7 Å². The Morgan fingerprint density at radius 2 is 1.68 bits per heavy atom. The van der Waals surface area contributed by atoms with Gasteiger partial charge in [-0.2, -0.15) is 13.2 Å². The van der Waals surface area contributed by atoms with E-state index in [9.17, 15) is 13.2 Å². The van der Waals surface area contributed by atoms with Crippen molar-refractivity contribution in [1.29, 1.82) is 0 Å². The lowest BCUT2D eigenvalue weighted by molar-refractivity contribution is -0.137. The predicted molar refractivity (Wildman–Crippen MR) is 103 cm³/mol. The number of halogens is 4. The molecule has 0 radical (unpaired) electrons. The summed E-state index contributed by atoms with van der Waals surface area (Å²) in [5.41, 5.74) is 0.194. The maximum atomic E-state index is 12.5. The summed E-state index contributed by atoms with van der Waals surface area (Å²) in [6.45, 7) is 2.79. The third-order valence-corrected chi connectivity index (χ3v) is 3.18. The topological polar surface area (TPSA) is 54.9 Å². The van der Waals surface area contributed by atoms with Crippen molar-refractivity contribution in [3.05, 3.63) is 35.4 Å². The molecule has 0 atom stereocenters. The van der Waals surface area contributed by atoms with E-state index in [1.54, 1.807) is 14.2 Å². The first-order chi connectivity index (χ1) is 11.5. The molecule has 0 heterocycles. The zero-order chi connectivity index (χ0) is 17.8. The Bertz CT molecular complexity index is 496. The van der Waals surface area contributed by atoms with Crippen molar-refractivity contribution in [3.63, 3.8) is 0 Å². The lowest BCUT2D eigenvalue weighted by Crippen LogP contribution is -2.39. The van der Waals surface area contributed by atoms with Crippen LogP contribution in [0.25, 0.3) is 0 Å². The quantitative estimate of drug-likeness (QED) is 0.250. The minimum absolute atomic E-state index is 0. The molecule has 1 aromatic rings. The van der Waals surface area contributed by atoms with Gasteiger partial charge in [0.2, 0.25) is 0 Å². The number of ether oxygens (including phenoxy) is 2. The summed E-state index contributed by atoms with van der Waals surface area (Å²) in [6.07, 6.45) is -3.70. The SMILES string of the molecule is CN=C(NCCOCCOC)NCCc1ccc(C(F)(F)F)cc1.I. The molecule has 0 fully saturated rings. The average Bonchev–Trinajstić information content (AvgIpc) is 2.56. The van der Waals surface area contributed by atoms with E-state index in [4.69, 9.17) is 9.47 Å². The standard InChI is InChI=1S/C16H24F3N3O2.HI/c1-20-15(22-9-10-24-12-11-23-2)21-8-7-13-3-5-14(6-4-13)16(17,18)19;/h3-6H,7-12H2,1-2H3,(H2,20,21,22);1H. The normalized spacial score (nSPS) is 11.8. The third kappa shape index (κ3) is 10.5. The molecule has 1 aromatic carbocycles. The zero-order valence-corrected chi connectivity index (χ0v) is 16.7. The van der Waals surface area contributed by atoms with E-state index >= 15 is 0 Å². The van der Waals surface area contributed by atoms with Gasteiger partial charge in [0.05, 0.1) is 25.4 Å². The molecule has 0 amide bonds. The molecule has 0 spiro atoms. The van der Waals surface area contributed by atoms with Crippen molar-refractivity contribution in [2.24, 2.45) is 4.99 Å². The van der Waals surface area contributed by atoms with Gasteiger partial charge >= 0.3 is 6.18 Å². The van der Waals surface area contributed by atoms with Crippen LogP contribution >= 0.6 is 24.0 Å². The Labute approximate surface area is 163 Å². The second kappa shape index (κ2) is 13.2. The average molecular weight is 475 g/mol. The molecule has 2 N–H and O–H groups in total. The summed E-state index contributed by atoms with van der Waals surface area (Å²) < 4.78 is 47.6. The number of hydrogen-bond donors (Lipinski definition) is 2. The van der Waals surface area contributed by atoms with Gasteiger partial charge in [-0.25, -0.2) is 0 Å². The molecule has 0 aliphatic carbocycles. The van der Waals surface area contributed by atoms with Crippen LogP contribution < -0.4 is 10.6 Å². The first-order valence-electron chi connectivity index (χ1n) is 7.64. The predicted octanol–water partition coefficient (Wildman–Crippen LogP) is 2.69. The summed E-state index contributed by atoms with van der Waals surface area (Å²) in [6, 6.07) is 5.17. The van der Waals surface area contributed by atoms with Gasteiger partial charge < -0.3 is 20.1 Å². The molecule has 0 unspecified atom stereocenters. The van der Waals surface area contributed by atoms with Crippen LogP contribution in [0.1, 0.15) is 11.1 Å². The molecular weight excluding hydrogens is 450 g/mol. The fourth-order valence-electron chi connectivity index (χ4n) is 1.89. The van der Waals surface area contributed by atoms with Crippen molar-refractivity contribution >= 4 is 29.9 Å². The number of rotatable bonds is 9. The maximum Gasteiger partial charge on any atom is 0.416 e. The molecule has 0 bridgehead atoms. The highest BCUT2D eigenvalue weighted by Gasteiger charge is 2.29. The second-order valence-electron chi connectivity index (χ2n) is 4.98. The minimum Gasteiger partial charge on any atom is -0.382 e. The monoisotopic (exact) mass is 475 g/mol. The summed E-state index contributed by atoms with van der Waals surface area (Å²) >= 11 is 0. The van der Waals surface area contributed by atoms with Gasteiger partial charge in [0.1, 0.15) is 0 Å². The van der Waals surface area contributed by atoms with Crippen molar-refractivity contribution < 1.29 is 22.6 Å². The molecule has 9 heteroatoms. The molecular formula is C16H25F3IN3O2. The molecule has 0 aliphatic rings. The van der Waals surface area contributed by atoms with Gasteiger partial charge in [0.15, 0.2) is 5.96 Å². The molecule has 0 aromatic heterocycles. The lowest BCUT2D eigenvalue weighted by Gasteiger charge is -2.12. The number of methoxy groups -OCH3 is 1. The molecule has 0 saturated carbocycles. The first kappa shape index (κ1) is 23.9. The van der Waals surface area contributed by atoms with Gasteiger partial charge in [-0.15, -0.1) is 24.0 Å². The lowest BCUT2D eigenvalue weighted by atomic mass is 10.1. The first-order valence-corrected chi connectivity index (χ1v) is 7.64. The Morgan fingerprint density at radius 3 is 2.24 bits per heavy atom. The molecule has 25 heavy (non-hydrogen) atoms. The van der Waals surface area contributed by atoms with Gasteiger partial charge in [-0.3, -0.25) is 4.99 Å². The van der Waals surface area contributed by atoms with Crippen LogP contribution in [0.5, 0.6) is 0 Å². The van der Waals surface area contributed by atoms with Crippen LogP contribution in [0.15, 0.2) is 29.3 Å². The van der Waals surface area contributed by atoms with Crippen LogP contribution in [0, 0.1) is 0 Å². The van der Waals surface area contributed by atoms with Crippen molar-refractivity contribution in [1.82, 2.24) is 10.6 Å². The minimum atomic E-state index is -4.30. The number of nitrogens with zero attached hydrogens (tertiary/aromatic N) is 1. The van der Waals surface area contributed by atoms with E-state index in [1.807, 2.05) is 0 Å². The van der Waals surface area contributed by atoms with Crippen LogP contribution in [-0.2, 0) is 22.1 Å². The van der Waals surface area contributed by atoms with E-state index in [-0.39, 0.29) is 24.0 Å². The number of hydrogen-bond acceptors (Lipinski definition) is 3. The molecule has 5 nitrogen and oxygen atoms in total. The number of guanidine groups is 1. The Morgan fingerprint density at radius 1 is 1.04 bits per heavy atom. The Kier molecular flexibility index (Phi) is 12.6. The molecule has 0 aliphatic heterocycles. The third-order valence-electron chi connectivity index (χ3n) is 3.18. The van der Waals surface area contributed by atoms with Crippen LogP contribution in [0.3, 0.4) is 0 Å². The smallest absolute Gasteiger partial charge is 0.382 e. The molecule has 144 valence electrons. The second-order valence-corrected chi connectivity index (χ2v) is 4.98. The maximum absolute atomic E-state index is 12.5. The fraction of sp³-hybridized carbons (Fsp3) is 0.562. The van der Waals surface area contributed by atoms with E-state index < -0.39 is 11.7 Å². The van der Waals surface area contributed by atoms with Crippen molar-refractivity contribution in [2.45, 2.75) is 12.6 Å². The highest BCUT2D eigenvalue weighted by Crippen LogP contribution is 2.29. The highest BCUT2D eigenvalue weighted by atomic mass is 127. The van der Waals surface area contributed by atoms with Crippen LogP contribution in [0.2, 0.25) is 0 Å². The Hall–Kier alpha value is -1.07. The number of benzene rings is 1. The molecule has 0 saturated heterocycles. The number of alkyl halides is 3. The van der Waals surface area contributed by atoms with Crippen molar-refractivity contribution in [3.8, 4) is 0 Å². The van der Waals surface area contributed by atoms with E-state index in [1.165, 1.54) is 12.1 Å². The summed E-state index contributed by atoms with van der Waals surface area (Å²) in [7, 11) is 3.27. The largest absolute Gasteiger partial charge is 0.416 e. The highest BCUT2D eigenvalue weighted by molar-refractivity contribution is 14.0. The van der Waals surface area contributed by atoms with Crippen LogP contribution in [-0.4, -0.2) is 53.0 Å². The number of nitrogens with one attached hydrogen (secondary N) is 2. The zero-order valence-electron chi connectivity index (χ0n) is 14.4. The van der Waals surface area contributed by atoms with Crippen LogP contribution in [0.4, 0.5) is 13.2 Å². The van der Waals surface area contributed by atoms with Gasteiger partial charge in [0.25, 0.3) is 0 Å². The summed E-state index contributed by atoms with van der Waals surface area (Å²) in [4.78, 5) is 4.07. The Balaban J connectivity index is 0.00000576. The fourth-order valence-corrected chi connectivity index (χ4v) is 1.89.